The Morgan fingerprint density at radius 2 is 1.57 bits per heavy atom. The Kier molecular flexibility index (Phi) is 12.0. The second-order valence-electron chi connectivity index (χ2n) is 19.4. The van der Waals surface area contributed by atoms with E-state index in [0.29, 0.717) is 43.0 Å². The lowest BCUT2D eigenvalue weighted by molar-refractivity contribution is -0.141. The Labute approximate surface area is 373 Å². The predicted octanol–water partition coefficient (Wildman–Crippen LogP) is 9.68. The number of carbonyl (C=O) groups is 2. The summed E-state index contributed by atoms with van der Waals surface area (Å²) in [6.07, 6.45) is 5.31. The normalized spacial score (nSPS) is 23.2. The number of ketones is 2. The number of aliphatic hydroxyl groups excluding tert-OH is 1. The Hall–Kier alpha value is -5.27. The summed E-state index contributed by atoms with van der Waals surface area (Å²) in [5, 5.41) is 17.0. The first-order chi connectivity index (χ1) is 30.0. The van der Waals surface area contributed by atoms with Gasteiger partial charge in [0.05, 0.1) is 11.6 Å². The monoisotopic (exact) mass is 870 g/mol. The van der Waals surface area contributed by atoms with Crippen LogP contribution < -0.4 is 14.4 Å². The summed E-state index contributed by atoms with van der Waals surface area (Å²) in [7, 11) is 3.30. The maximum Gasteiger partial charge on any atom is 0.265 e. The molecule has 1 aliphatic heterocycles. The highest BCUT2D eigenvalue weighted by Crippen LogP contribution is 2.60. The lowest BCUT2D eigenvalue weighted by Gasteiger charge is -2.55. The molecule has 0 amide bonds. The summed E-state index contributed by atoms with van der Waals surface area (Å²) >= 11 is 0. The van der Waals surface area contributed by atoms with E-state index in [-0.39, 0.29) is 42.0 Å². The summed E-state index contributed by atoms with van der Waals surface area (Å²) in [6.45, 7) is 20.6. The molecule has 11 nitrogen and oxygen atoms in total. The fourth-order valence-electron chi connectivity index (χ4n) is 10.2. The molecular weight excluding hydrogens is 809 g/mol. The average Bonchev–Trinajstić information content (AvgIpc) is 3.67. The van der Waals surface area contributed by atoms with Crippen molar-refractivity contribution in [2.24, 2.45) is 11.8 Å². The van der Waals surface area contributed by atoms with Gasteiger partial charge in [-0.2, -0.15) is 0 Å². The molecule has 3 aromatic carbocycles. The molecule has 1 unspecified atom stereocenters. The first-order valence-electron chi connectivity index (χ1n) is 22.1. The van der Waals surface area contributed by atoms with Gasteiger partial charge in [-0.1, -0.05) is 93.6 Å². The van der Waals surface area contributed by atoms with E-state index in [9.17, 15) is 5.11 Å². The number of carbonyl (C=O) groups excluding carboxylic acids is 2. The van der Waals surface area contributed by atoms with Crippen molar-refractivity contribution in [1.29, 1.82) is 0 Å². The molecule has 332 valence electrons. The minimum absolute atomic E-state index is 0.00138. The largest absolute Gasteiger partial charge is 0.507 e. The van der Waals surface area contributed by atoms with Crippen LogP contribution in [0.2, 0.25) is 18.1 Å². The lowest BCUT2D eigenvalue weighted by Crippen LogP contribution is -2.68. The second kappa shape index (κ2) is 17.0. The molecule has 8 rings (SSSR count). The minimum Gasteiger partial charge on any atom is -0.507 e. The summed E-state index contributed by atoms with van der Waals surface area (Å²) in [5.41, 5.74) is 3.67. The number of hydrogen-bond donors (Lipinski definition) is 1. The number of rotatable bonds is 14. The first kappa shape index (κ1) is 44.3. The number of ether oxygens (including phenoxy) is 2. The highest BCUT2D eigenvalue weighted by atomic mass is 28.4. The van der Waals surface area contributed by atoms with Crippen molar-refractivity contribution in [1.82, 2.24) is 15.0 Å². The summed E-state index contributed by atoms with van der Waals surface area (Å²) in [6, 6.07) is 21.0. The zero-order chi connectivity index (χ0) is 45.0. The molecule has 0 saturated heterocycles. The molecule has 63 heavy (non-hydrogen) atoms. The third kappa shape index (κ3) is 7.58. The van der Waals surface area contributed by atoms with E-state index in [1.165, 1.54) is 0 Å². The lowest BCUT2D eigenvalue weighted by atomic mass is 9.57. The molecule has 12 heteroatoms. The number of Topliss-reactive ketones (excluding diaryl/α,β-unsaturated/α-hetero) is 2. The number of aliphatic hydroxyl groups is 1. The molecule has 4 aliphatic rings. The summed E-state index contributed by atoms with van der Waals surface area (Å²) in [4.78, 5) is 38.9. The molecule has 4 aromatic rings. The molecule has 2 heterocycles. The van der Waals surface area contributed by atoms with Gasteiger partial charge in [-0.05, 0) is 90.9 Å². The predicted molar refractivity (Wildman–Crippen MR) is 249 cm³/mol. The van der Waals surface area contributed by atoms with Gasteiger partial charge in [0.25, 0.3) is 5.88 Å². The summed E-state index contributed by atoms with van der Waals surface area (Å²) in [5.74, 6) is -1.62. The minimum atomic E-state index is -2.98. The maximum atomic E-state index is 16.3. The quantitative estimate of drug-likeness (QED) is 0.0742. The number of hydrogen-bond acceptors (Lipinski definition) is 11. The van der Waals surface area contributed by atoms with E-state index in [4.69, 9.17) is 18.4 Å². The van der Waals surface area contributed by atoms with E-state index in [1.807, 2.05) is 60.7 Å². The van der Waals surface area contributed by atoms with Crippen LogP contribution in [-0.2, 0) is 28.9 Å². The fourth-order valence-corrected chi connectivity index (χ4v) is 11.6. The number of benzene rings is 3. The smallest absolute Gasteiger partial charge is 0.265 e. The molecule has 0 bridgehead atoms. The summed E-state index contributed by atoms with van der Waals surface area (Å²) < 4.78 is 26.7. The molecule has 1 N–H and O–H groups in total. The molecule has 1 aromatic heterocycles. The SMILES string of the molecule is C=CCN(CC=C)[C@@H]1c2onc(OCc3ccccc3)c2C(=O)[C@@]2(O[Si](C)(C)C(C)(C)C)C(=O)C3=C(O)c4c(OCc5ccccc5)cc5c(c4C[C@H]3C[C@@H]12)N(C)CCC5N(C)C. The van der Waals surface area contributed by atoms with Crippen molar-refractivity contribution in [3.8, 4) is 11.6 Å². The van der Waals surface area contributed by atoms with Crippen molar-refractivity contribution in [3.63, 3.8) is 0 Å². The number of anilines is 1. The van der Waals surface area contributed by atoms with Gasteiger partial charge in [0, 0.05) is 49.9 Å². The van der Waals surface area contributed by atoms with Crippen molar-refractivity contribution in [3.05, 3.63) is 137 Å². The van der Waals surface area contributed by atoms with Gasteiger partial charge in [-0.25, -0.2) is 0 Å². The van der Waals surface area contributed by atoms with Crippen LogP contribution >= 0.6 is 0 Å². The van der Waals surface area contributed by atoms with E-state index in [1.54, 1.807) is 12.2 Å². The van der Waals surface area contributed by atoms with Crippen LogP contribution in [0, 0.1) is 11.8 Å². The Balaban J connectivity index is 1.37. The van der Waals surface area contributed by atoms with Crippen LogP contribution in [0.25, 0.3) is 5.76 Å². The van der Waals surface area contributed by atoms with Gasteiger partial charge in [0.1, 0.15) is 30.3 Å². The Morgan fingerprint density at radius 1 is 0.952 bits per heavy atom. The highest BCUT2D eigenvalue weighted by molar-refractivity contribution is 6.74. The van der Waals surface area contributed by atoms with Gasteiger partial charge in [-0.3, -0.25) is 14.5 Å². The van der Waals surface area contributed by atoms with Crippen molar-refractivity contribution in [2.75, 3.05) is 45.7 Å². The number of fused-ring (bicyclic) bond motifs is 6. The number of nitrogens with zero attached hydrogens (tertiary/aromatic N) is 4. The number of aromatic nitrogens is 1. The van der Waals surface area contributed by atoms with Gasteiger partial charge in [-0.15, -0.1) is 13.2 Å². The zero-order valence-corrected chi connectivity index (χ0v) is 39.1. The van der Waals surface area contributed by atoms with Crippen molar-refractivity contribution in [2.45, 2.75) is 89.1 Å². The molecular formula is C51H62N4O7Si. The molecule has 5 atom stereocenters. The standard InChI is InChI=1S/C51H62N4O7Si/c1-11-24-55(25-12-2)44-37-28-34-27-36-41(39(59-30-32-19-15-13-16-20-32)29-35-38(53(6)7)23-26-54(8)43(35)36)45(56)40(34)47(57)51(37,62-63(9,10)50(3,4)5)48(58)42-46(44)61-52-49(42)60-31-33-21-17-14-18-22-33/h11-22,29,34,37-38,44,56H,1-2,23-28,30-31H2,3-10H3/t34-,37-,38?,44-,51-/m0/s1. The molecule has 3 aliphatic carbocycles. The molecule has 1 saturated carbocycles. The topological polar surface area (TPSA) is 118 Å². The van der Waals surface area contributed by atoms with Crippen LogP contribution in [0.5, 0.6) is 11.6 Å². The van der Waals surface area contributed by atoms with E-state index in [2.05, 4.69) is 94.1 Å². The fraction of sp³-hybridized carbons (Fsp3) is 0.431. The maximum absolute atomic E-state index is 16.3. The van der Waals surface area contributed by atoms with Crippen LogP contribution in [0.4, 0.5) is 5.69 Å². The van der Waals surface area contributed by atoms with Crippen LogP contribution in [0.15, 0.2) is 102 Å². The van der Waals surface area contributed by atoms with E-state index >= 15 is 9.59 Å². The van der Waals surface area contributed by atoms with Crippen molar-refractivity contribution < 1.29 is 33.1 Å². The molecule has 0 radical (unpaired) electrons. The van der Waals surface area contributed by atoms with Crippen molar-refractivity contribution >= 4 is 31.3 Å². The first-order valence-corrected chi connectivity index (χ1v) is 25.0. The van der Waals surface area contributed by atoms with Gasteiger partial charge >= 0.3 is 0 Å². The highest BCUT2D eigenvalue weighted by Gasteiger charge is 2.69. The van der Waals surface area contributed by atoms with E-state index in [0.717, 1.165) is 40.9 Å². The Morgan fingerprint density at radius 3 is 2.16 bits per heavy atom. The van der Waals surface area contributed by atoms with Crippen LogP contribution in [0.3, 0.4) is 0 Å². The molecule has 0 spiro atoms. The van der Waals surface area contributed by atoms with Gasteiger partial charge < -0.3 is 33.3 Å². The van der Waals surface area contributed by atoms with Gasteiger partial charge in [0.15, 0.2) is 19.7 Å². The molecule has 1 fully saturated rings. The average molecular weight is 871 g/mol. The second-order valence-corrected chi connectivity index (χ2v) is 24.1. The Bertz CT molecular complexity index is 2430. The zero-order valence-electron chi connectivity index (χ0n) is 38.1. The third-order valence-electron chi connectivity index (χ3n) is 14.2. The third-order valence-corrected chi connectivity index (χ3v) is 18.6. The van der Waals surface area contributed by atoms with Crippen LogP contribution in [0.1, 0.15) is 89.6 Å². The van der Waals surface area contributed by atoms with Crippen LogP contribution in [-0.4, -0.2) is 86.3 Å². The van der Waals surface area contributed by atoms with E-state index < -0.39 is 48.4 Å². The van der Waals surface area contributed by atoms with Gasteiger partial charge in [0.2, 0.25) is 11.6 Å².